The summed E-state index contributed by atoms with van der Waals surface area (Å²) in [4.78, 5) is 27.7. The number of carboxylic acid groups (broad SMARTS) is 1. The van der Waals surface area contributed by atoms with Gasteiger partial charge in [-0.05, 0) is 33.1 Å². The third kappa shape index (κ3) is 2.69. The lowest BCUT2D eigenvalue weighted by Crippen LogP contribution is -2.33. The Labute approximate surface area is 109 Å². The van der Waals surface area contributed by atoms with Gasteiger partial charge in [-0.3, -0.25) is 9.59 Å². The lowest BCUT2D eigenvalue weighted by Gasteiger charge is -2.11. The smallest absolute Gasteiger partial charge is 0.306 e. The van der Waals surface area contributed by atoms with Gasteiger partial charge in [0.1, 0.15) is 4.88 Å². The quantitative estimate of drug-likeness (QED) is 0.875. The van der Waals surface area contributed by atoms with E-state index in [9.17, 15) is 9.59 Å². The fourth-order valence-corrected chi connectivity index (χ4v) is 3.15. The first-order chi connectivity index (χ1) is 8.47. The first kappa shape index (κ1) is 13.0. The van der Waals surface area contributed by atoms with E-state index in [0.717, 1.165) is 17.1 Å². The molecule has 0 spiro atoms. The summed E-state index contributed by atoms with van der Waals surface area (Å²) in [6.45, 7) is 3.68. The minimum atomic E-state index is -0.767. The van der Waals surface area contributed by atoms with Crippen molar-refractivity contribution in [1.29, 1.82) is 0 Å². The summed E-state index contributed by atoms with van der Waals surface area (Å²) in [6, 6.07) is -0.0274. The van der Waals surface area contributed by atoms with E-state index in [-0.39, 0.29) is 17.9 Å². The Balaban J connectivity index is 1.97. The molecule has 2 rings (SSSR count). The molecule has 1 aromatic heterocycles. The van der Waals surface area contributed by atoms with Gasteiger partial charge in [0.2, 0.25) is 0 Å². The molecule has 1 aliphatic carbocycles. The number of aryl methyl sites for hydroxylation is 2. The van der Waals surface area contributed by atoms with Gasteiger partial charge in [-0.25, -0.2) is 4.98 Å². The largest absolute Gasteiger partial charge is 0.481 e. The summed E-state index contributed by atoms with van der Waals surface area (Å²) in [5.41, 5.74) is 0.739. The molecule has 1 aromatic rings. The van der Waals surface area contributed by atoms with Gasteiger partial charge in [0.15, 0.2) is 0 Å². The molecule has 1 saturated carbocycles. The van der Waals surface area contributed by atoms with Gasteiger partial charge in [-0.2, -0.15) is 0 Å². The molecule has 98 valence electrons. The summed E-state index contributed by atoms with van der Waals surface area (Å²) >= 11 is 1.37. The van der Waals surface area contributed by atoms with Crippen LogP contribution in [-0.4, -0.2) is 28.0 Å². The second kappa shape index (κ2) is 5.06. The summed E-state index contributed by atoms with van der Waals surface area (Å²) in [5.74, 6) is -1.22. The van der Waals surface area contributed by atoms with Gasteiger partial charge in [0, 0.05) is 6.04 Å². The standard InChI is InChI=1S/C12H16N2O3S/c1-6-10(18-7(2)13-6)11(15)14-9-4-3-8(5-9)12(16)17/h8-9H,3-5H2,1-2H3,(H,14,15)(H,16,17)/t8-,9+/m1/s1. The van der Waals surface area contributed by atoms with Crippen LogP contribution in [0.2, 0.25) is 0 Å². The van der Waals surface area contributed by atoms with Crippen LogP contribution >= 0.6 is 11.3 Å². The van der Waals surface area contributed by atoms with Crippen molar-refractivity contribution in [2.45, 2.75) is 39.2 Å². The topological polar surface area (TPSA) is 79.3 Å². The zero-order valence-electron chi connectivity index (χ0n) is 10.4. The number of carbonyl (C=O) groups is 2. The molecule has 2 atom stereocenters. The number of aromatic nitrogens is 1. The number of hydrogen-bond donors (Lipinski definition) is 2. The van der Waals surface area contributed by atoms with Gasteiger partial charge < -0.3 is 10.4 Å². The van der Waals surface area contributed by atoms with Crippen molar-refractivity contribution >= 4 is 23.2 Å². The highest BCUT2D eigenvalue weighted by atomic mass is 32.1. The Hall–Kier alpha value is -1.43. The lowest BCUT2D eigenvalue weighted by molar-refractivity contribution is -0.141. The van der Waals surface area contributed by atoms with Crippen LogP contribution in [0.15, 0.2) is 0 Å². The summed E-state index contributed by atoms with van der Waals surface area (Å²) in [5, 5.41) is 12.7. The van der Waals surface area contributed by atoms with Crippen LogP contribution in [0.4, 0.5) is 0 Å². The molecule has 0 unspecified atom stereocenters. The number of carboxylic acids is 1. The number of thiazole rings is 1. The Kier molecular flexibility index (Phi) is 3.65. The minimum absolute atomic E-state index is 0.0274. The second-order valence-electron chi connectivity index (χ2n) is 4.67. The van der Waals surface area contributed by atoms with E-state index in [0.29, 0.717) is 17.7 Å². The van der Waals surface area contributed by atoms with Crippen LogP contribution in [0.25, 0.3) is 0 Å². The van der Waals surface area contributed by atoms with Crippen LogP contribution in [0.1, 0.15) is 39.6 Å². The number of amides is 1. The molecule has 6 heteroatoms. The monoisotopic (exact) mass is 268 g/mol. The van der Waals surface area contributed by atoms with E-state index in [1.54, 1.807) is 0 Å². The van der Waals surface area contributed by atoms with Crippen LogP contribution < -0.4 is 5.32 Å². The highest BCUT2D eigenvalue weighted by Gasteiger charge is 2.31. The maximum absolute atomic E-state index is 12.0. The van der Waals surface area contributed by atoms with Gasteiger partial charge in [0.25, 0.3) is 5.91 Å². The molecule has 5 nitrogen and oxygen atoms in total. The summed E-state index contributed by atoms with van der Waals surface area (Å²) in [6.07, 6.45) is 1.90. The Morgan fingerprint density at radius 3 is 2.61 bits per heavy atom. The highest BCUT2D eigenvalue weighted by Crippen LogP contribution is 2.26. The molecule has 0 aromatic carbocycles. The summed E-state index contributed by atoms with van der Waals surface area (Å²) in [7, 11) is 0. The molecule has 1 fully saturated rings. The third-order valence-electron chi connectivity index (χ3n) is 3.23. The van der Waals surface area contributed by atoms with Crippen LogP contribution in [-0.2, 0) is 4.79 Å². The average Bonchev–Trinajstić information content (AvgIpc) is 2.85. The summed E-state index contributed by atoms with van der Waals surface area (Å²) < 4.78 is 0. The third-order valence-corrected chi connectivity index (χ3v) is 4.30. The maximum atomic E-state index is 12.0. The van der Waals surface area contributed by atoms with Crippen molar-refractivity contribution in [2.24, 2.45) is 5.92 Å². The van der Waals surface area contributed by atoms with E-state index >= 15 is 0 Å². The number of aliphatic carboxylic acids is 1. The zero-order valence-corrected chi connectivity index (χ0v) is 11.2. The molecule has 0 bridgehead atoms. The molecular formula is C12H16N2O3S. The van der Waals surface area contributed by atoms with E-state index in [1.807, 2.05) is 13.8 Å². The number of rotatable bonds is 3. The van der Waals surface area contributed by atoms with Crippen LogP contribution in [0, 0.1) is 19.8 Å². The minimum Gasteiger partial charge on any atom is -0.481 e. The highest BCUT2D eigenvalue weighted by molar-refractivity contribution is 7.13. The zero-order chi connectivity index (χ0) is 13.3. The Morgan fingerprint density at radius 1 is 1.39 bits per heavy atom. The van der Waals surface area contributed by atoms with E-state index in [4.69, 9.17) is 5.11 Å². The lowest BCUT2D eigenvalue weighted by atomic mass is 10.1. The number of hydrogen-bond acceptors (Lipinski definition) is 4. The van der Waals surface area contributed by atoms with Gasteiger partial charge in [0.05, 0.1) is 16.6 Å². The SMILES string of the molecule is Cc1nc(C)c(C(=O)N[C@H]2CC[C@@H](C(=O)O)C2)s1. The van der Waals surface area contributed by atoms with Crippen molar-refractivity contribution in [3.63, 3.8) is 0 Å². The Bertz CT molecular complexity index is 484. The first-order valence-electron chi connectivity index (χ1n) is 5.95. The predicted octanol–water partition coefficient (Wildman–Crippen LogP) is 1.74. The van der Waals surface area contributed by atoms with Crippen molar-refractivity contribution in [3.05, 3.63) is 15.6 Å². The maximum Gasteiger partial charge on any atom is 0.306 e. The van der Waals surface area contributed by atoms with Crippen molar-refractivity contribution in [2.75, 3.05) is 0 Å². The molecule has 0 aliphatic heterocycles. The van der Waals surface area contributed by atoms with Gasteiger partial charge in [-0.15, -0.1) is 11.3 Å². The van der Waals surface area contributed by atoms with E-state index < -0.39 is 5.97 Å². The van der Waals surface area contributed by atoms with Crippen molar-refractivity contribution < 1.29 is 14.7 Å². The fraction of sp³-hybridized carbons (Fsp3) is 0.583. The number of nitrogens with one attached hydrogen (secondary N) is 1. The molecule has 2 N–H and O–H groups in total. The average molecular weight is 268 g/mol. The Morgan fingerprint density at radius 2 is 2.11 bits per heavy atom. The molecule has 1 amide bonds. The van der Waals surface area contributed by atoms with Crippen LogP contribution in [0.5, 0.6) is 0 Å². The first-order valence-corrected chi connectivity index (χ1v) is 6.76. The van der Waals surface area contributed by atoms with Crippen molar-refractivity contribution in [3.8, 4) is 0 Å². The van der Waals surface area contributed by atoms with Crippen LogP contribution in [0.3, 0.4) is 0 Å². The van der Waals surface area contributed by atoms with E-state index in [2.05, 4.69) is 10.3 Å². The molecule has 1 heterocycles. The molecule has 1 aliphatic rings. The normalized spacial score (nSPS) is 23.0. The molecule has 0 saturated heterocycles. The molecular weight excluding hydrogens is 252 g/mol. The number of nitrogens with zero attached hydrogens (tertiary/aromatic N) is 1. The van der Waals surface area contributed by atoms with Gasteiger partial charge in [-0.1, -0.05) is 0 Å². The second-order valence-corrected chi connectivity index (χ2v) is 5.87. The number of carbonyl (C=O) groups excluding carboxylic acids is 1. The predicted molar refractivity (Wildman–Crippen MR) is 67.8 cm³/mol. The van der Waals surface area contributed by atoms with Crippen molar-refractivity contribution in [1.82, 2.24) is 10.3 Å². The van der Waals surface area contributed by atoms with E-state index in [1.165, 1.54) is 11.3 Å². The molecule has 18 heavy (non-hydrogen) atoms. The van der Waals surface area contributed by atoms with Gasteiger partial charge >= 0.3 is 5.97 Å². The molecule has 0 radical (unpaired) electrons. The fourth-order valence-electron chi connectivity index (χ4n) is 2.33.